The van der Waals surface area contributed by atoms with Crippen molar-refractivity contribution in [2.75, 3.05) is 33.3 Å². The van der Waals surface area contributed by atoms with Gasteiger partial charge < -0.3 is 14.4 Å². The summed E-state index contributed by atoms with van der Waals surface area (Å²) in [5.41, 5.74) is 2.69. The van der Waals surface area contributed by atoms with Crippen molar-refractivity contribution >= 4 is 23.2 Å². The van der Waals surface area contributed by atoms with Gasteiger partial charge >= 0.3 is 0 Å². The molecule has 1 amide bonds. The first-order chi connectivity index (χ1) is 10.1. The van der Waals surface area contributed by atoms with E-state index < -0.39 is 0 Å². The summed E-state index contributed by atoms with van der Waals surface area (Å²) in [5, 5.41) is 0. The first-order valence-electron chi connectivity index (χ1n) is 6.73. The van der Waals surface area contributed by atoms with Crippen LogP contribution in [0.2, 0.25) is 0 Å². The first kappa shape index (κ1) is 17.5. The molecule has 0 N–H and O–H groups in total. The van der Waals surface area contributed by atoms with Gasteiger partial charge in [0.05, 0.1) is 19.4 Å². The molecule has 0 aliphatic heterocycles. The molecule has 0 fully saturated rings. The van der Waals surface area contributed by atoms with Crippen LogP contribution < -0.4 is 4.74 Å². The third-order valence-electron chi connectivity index (χ3n) is 3.04. The number of benzene rings is 1. The second-order valence-electron chi connectivity index (χ2n) is 4.72. The fourth-order valence-electron chi connectivity index (χ4n) is 2.14. The van der Waals surface area contributed by atoms with Crippen molar-refractivity contribution in [2.24, 2.45) is 0 Å². The Morgan fingerprint density at radius 1 is 1.24 bits per heavy atom. The number of amides is 1. The van der Waals surface area contributed by atoms with Gasteiger partial charge in [-0.1, -0.05) is 17.7 Å². The highest BCUT2D eigenvalue weighted by molar-refractivity contribution is 6.27. The van der Waals surface area contributed by atoms with Gasteiger partial charge in [0.1, 0.15) is 11.6 Å². The predicted octanol–water partition coefficient (Wildman–Crippen LogP) is 3.16. The largest absolute Gasteiger partial charge is 0.496 e. The lowest BCUT2D eigenvalue weighted by Gasteiger charge is -2.27. The molecule has 1 rings (SSSR count). The fraction of sp³-hybridized carbons (Fsp3) is 0.438. The molecule has 5 heteroatoms. The standard InChI is InChI=1S/C16H22ClNO3/c1-12(2)16(13-7-5-6-8-14(13)21-4)18(9-10-20-3)15(19)11-17/h5-8H,9-11H2,1-4H3. The Morgan fingerprint density at radius 3 is 2.43 bits per heavy atom. The van der Waals surface area contributed by atoms with E-state index in [0.29, 0.717) is 13.2 Å². The molecule has 0 aromatic heterocycles. The maximum Gasteiger partial charge on any atom is 0.242 e. The molecule has 0 spiro atoms. The lowest BCUT2D eigenvalue weighted by molar-refractivity contribution is -0.125. The molecule has 0 aliphatic rings. The van der Waals surface area contributed by atoms with E-state index in [4.69, 9.17) is 21.1 Å². The van der Waals surface area contributed by atoms with Crippen LogP contribution in [0.15, 0.2) is 29.8 Å². The molecule has 0 atom stereocenters. The Morgan fingerprint density at radius 2 is 1.90 bits per heavy atom. The molecular weight excluding hydrogens is 290 g/mol. The number of hydrogen-bond donors (Lipinski definition) is 0. The minimum absolute atomic E-state index is 0.0738. The summed E-state index contributed by atoms with van der Waals surface area (Å²) in [7, 11) is 3.22. The molecule has 0 aliphatic carbocycles. The maximum absolute atomic E-state index is 12.2. The van der Waals surface area contributed by atoms with Gasteiger partial charge in [-0.05, 0) is 26.0 Å². The molecule has 0 saturated heterocycles. The smallest absolute Gasteiger partial charge is 0.242 e. The Labute approximate surface area is 131 Å². The third-order valence-corrected chi connectivity index (χ3v) is 3.27. The summed E-state index contributed by atoms with van der Waals surface area (Å²) in [5.74, 6) is 0.490. The van der Waals surface area contributed by atoms with Crippen molar-refractivity contribution in [1.29, 1.82) is 0 Å². The number of carbonyl (C=O) groups excluding carboxylic acids is 1. The van der Waals surface area contributed by atoms with E-state index in [-0.39, 0.29) is 11.8 Å². The van der Waals surface area contributed by atoms with Crippen LogP contribution in [0.4, 0.5) is 0 Å². The number of nitrogens with zero attached hydrogens (tertiary/aromatic N) is 1. The number of hydrogen-bond acceptors (Lipinski definition) is 3. The Bertz CT molecular complexity index is 510. The van der Waals surface area contributed by atoms with E-state index in [1.165, 1.54) is 0 Å². The van der Waals surface area contributed by atoms with E-state index >= 15 is 0 Å². The van der Waals surface area contributed by atoms with Crippen molar-refractivity contribution in [1.82, 2.24) is 4.90 Å². The summed E-state index contributed by atoms with van der Waals surface area (Å²) in [4.78, 5) is 13.9. The van der Waals surface area contributed by atoms with Gasteiger partial charge in [-0.3, -0.25) is 4.79 Å². The summed E-state index contributed by atoms with van der Waals surface area (Å²) in [6, 6.07) is 7.62. The topological polar surface area (TPSA) is 38.8 Å². The Kier molecular flexibility index (Phi) is 7.26. The number of allylic oxidation sites excluding steroid dienone is 1. The zero-order valence-electron chi connectivity index (χ0n) is 13.0. The highest BCUT2D eigenvalue weighted by atomic mass is 35.5. The van der Waals surface area contributed by atoms with Crippen molar-refractivity contribution in [3.8, 4) is 5.75 Å². The molecule has 0 unspecified atom stereocenters. The summed E-state index contributed by atoms with van der Waals surface area (Å²) >= 11 is 5.75. The average molecular weight is 312 g/mol. The van der Waals surface area contributed by atoms with Crippen LogP contribution >= 0.6 is 11.6 Å². The van der Waals surface area contributed by atoms with Crippen LogP contribution in [0.3, 0.4) is 0 Å². The predicted molar refractivity (Wildman–Crippen MR) is 85.6 cm³/mol. The van der Waals surface area contributed by atoms with Gasteiger partial charge in [0, 0.05) is 19.2 Å². The van der Waals surface area contributed by atoms with Crippen LogP contribution in [-0.4, -0.2) is 44.1 Å². The molecule has 1 aromatic carbocycles. The third kappa shape index (κ3) is 4.48. The summed E-state index contributed by atoms with van der Waals surface area (Å²) in [6.45, 7) is 4.81. The maximum atomic E-state index is 12.2. The van der Waals surface area contributed by atoms with Gasteiger partial charge in [0.2, 0.25) is 5.91 Å². The zero-order chi connectivity index (χ0) is 15.8. The lowest BCUT2D eigenvalue weighted by atomic mass is 10.1. The number of halogens is 1. The minimum atomic E-state index is -0.157. The number of carbonyl (C=O) groups is 1. The molecule has 21 heavy (non-hydrogen) atoms. The minimum Gasteiger partial charge on any atom is -0.496 e. The number of para-hydroxylation sites is 1. The monoisotopic (exact) mass is 311 g/mol. The van der Waals surface area contributed by atoms with E-state index in [1.807, 2.05) is 38.1 Å². The average Bonchev–Trinajstić information content (AvgIpc) is 2.50. The van der Waals surface area contributed by atoms with Crippen molar-refractivity contribution in [2.45, 2.75) is 13.8 Å². The highest BCUT2D eigenvalue weighted by Gasteiger charge is 2.21. The van der Waals surface area contributed by atoms with Gasteiger partial charge in [0.15, 0.2) is 0 Å². The molecule has 0 heterocycles. The van der Waals surface area contributed by atoms with E-state index in [2.05, 4.69) is 0 Å². The van der Waals surface area contributed by atoms with E-state index in [1.54, 1.807) is 19.1 Å². The first-order valence-corrected chi connectivity index (χ1v) is 7.26. The molecule has 4 nitrogen and oxygen atoms in total. The van der Waals surface area contributed by atoms with Crippen molar-refractivity contribution < 1.29 is 14.3 Å². The number of ether oxygens (including phenoxy) is 2. The van der Waals surface area contributed by atoms with Crippen molar-refractivity contribution in [3.63, 3.8) is 0 Å². The molecule has 0 radical (unpaired) electrons. The number of rotatable bonds is 7. The number of alkyl halides is 1. The Hall–Kier alpha value is -1.52. The van der Waals surface area contributed by atoms with Crippen LogP contribution in [0.1, 0.15) is 19.4 Å². The highest BCUT2D eigenvalue weighted by Crippen LogP contribution is 2.31. The molecule has 1 aromatic rings. The number of methoxy groups -OCH3 is 2. The second kappa shape index (κ2) is 8.70. The van der Waals surface area contributed by atoms with Crippen LogP contribution in [0.25, 0.3) is 5.70 Å². The fourth-order valence-corrected chi connectivity index (χ4v) is 2.29. The second-order valence-corrected chi connectivity index (χ2v) is 4.99. The zero-order valence-corrected chi connectivity index (χ0v) is 13.7. The van der Waals surface area contributed by atoms with E-state index in [0.717, 1.165) is 22.6 Å². The molecular formula is C16H22ClNO3. The summed E-state index contributed by atoms with van der Waals surface area (Å²) < 4.78 is 10.5. The Balaban J connectivity index is 3.32. The van der Waals surface area contributed by atoms with Gasteiger partial charge in [-0.15, -0.1) is 11.6 Å². The van der Waals surface area contributed by atoms with Gasteiger partial charge in [0.25, 0.3) is 0 Å². The normalized spacial score (nSPS) is 10.1. The van der Waals surface area contributed by atoms with Gasteiger partial charge in [-0.25, -0.2) is 0 Å². The van der Waals surface area contributed by atoms with Gasteiger partial charge in [-0.2, -0.15) is 0 Å². The summed E-state index contributed by atoms with van der Waals surface area (Å²) in [6.07, 6.45) is 0. The van der Waals surface area contributed by atoms with Crippen molar-refractivity contribution in [3.05, 3.63) is 35.4 Å². The quantitative estimate of drug-likeness (QED) is 0.726. The SMILES string of the molecule is COCCN(C(=O)CCl)C(=C(C)C)c1ccccc1OC. The van der Waals surface area contributed by atoms with Crippen LogP contribution in [0.5, 0.6) is 5.75 Å². The van der Waals surface area contributed by atoms with Crippen LogP contribution in [-0.2, 0) is 9.53 Å². The molecule has 0 saturated carbocycles. The molecule has 0 bridgehead atoms. The molecule has 116 valence electrons. The van der Waals surface area contributed by atoms with Crippen LogP contribution in [0, 0.1) is 0 Å². The van der Waals surface area contributed by atoms with E-state index in [9.17, 15) is 4.79 Å². The lowest BCUT2D eigenvalue weighted by Crippen LogP contribution is -2.34.